The molecular weight excluding hydrogens is 278 g/mol. The minimum atomic E-state index is -0.996. The molecule has 21 heavy (non-hydrogen) atoms. The Morgan fingerprint density at radius 2 is 1.71 bits per heavy atom. The molecule has 2 rings (SSSR count). The minimum Gasteiger partial charge on any atom is -0.399 e. The normalized spacial score (nSPS) is 12.0. The van der Waals surface area contributed by atoms with Gasteiger partial charge in [0.1, 0.15) is 17.2 Å². The number of carbonyl (C=O) groups is 1. The number of rotatable bonds is 4. The predicted molar refractivity (Wildman–Crippen MR) is 74.5 cm³/mol. The van der Waals surface area contributed by atoms with Gasteiger partial charge in [-0.25, -0.2) is 8.78 Å². The van der Waals surface area contributed by atoms with E-state index in [0.29, 0.717) is 11.3 Å². The highest BCUT2D eigenvalue weighted by Gasteiger charge is 2.18. The van der Waals surface area contributed by atoms with Crippen LogP contribution < -0.4 is 11.1 Å². The first-order valence-electron chi connectivity index (χ1n) is 6.24. The van der Waals surface area contributed by atoms with Gasteiger partial charge >= 0.3 is 0 Å². The van der Waals surface area contributed by atoms with Crippen LogP contribution in [0.15, 0.2) is 42.5 Å². The van der Waals surface area contributed by atoms with Gasteiger partial charge in [0.15, 0.2) is 0 Å². The predicted octanol–water partition coefficient (Wildman–Crippen LogP) is 2.01. The highest BCUT2D eigenvalue weighted by molar-refractivity contribution is 5.94. The SMILES string of the molecule is Nc1ccc(C(O)CNC(=O)c2c(F)cccc2F)cc1. The first-order valence-corrected chi connectivity index (χ1v) is 6.24. The summed E-state index contributed by atoms with van der Waals surface area (Å²) < 4.78 is 26.8. The van der Waals surface area contributed by atoms with E-state index in [2.05, 4.69) is 5.32 Å². The van der Waals surface area contributed by atoms with E-state index in [4.69, 9.17) is 5.73 Å². The van der Waals surface area contributed by atoms with Gasteiger partial charge in [-0.05, 0) is 29.8 Å². The molecule has 0 saturated carbocycles. The number of hydrogen-bond acceptors (Lipinski definition) is 3. The molecule has 0 bridgehead atoms. The summed E-state index contributed by atoms with van der Waals surface area (Å²) in [5.41, 5.74) is 5.94. The molecule has 0 spiro atoms. The Morgan fingerprint density at radius 3 is 2.29 bits per heavy atom. The van der Waals surface area contributed by atoms with E-state index in [1.54, 1.807) is 24.3 Å². The zero-order chi connectivity index (χ0) is 15.4. The van der Waals surface area contributed by atoms with Gasteiger partial charge in [-0.1, -0.05) is 18.2 Å². The summed E-state index contributed by atoms with van der Waals surface area (Å²) in [5.74, 6) is -2.82. The molecule has 0 aliphatic heterocycles. The van der Waals surface area contributed by atoms with Crippen molar-refractivity contribution in [1.29, 1.82) is 0 Å². The monoisotopic (exact) mass is 292 g/mol. The Hall–Kier alpha value is -2.47. The molecule has 0 fully saturated rings. The molecule has 4 N–H and O–H groups in total. The molecule has 0 aromatic heterocycles. The molecule has 1 atom stereocenters. The van der Waals surface area contributed by atoms with Crippen LogP contribution in [0.2, 0.25) is 0 Å². The van der Waals surface area contributed by atoms with Gasteiger partial charge in [0.25, 0.3) is 5.91 Å². The lowest BCUT2D eigenvalue weighted by molar-refractivity contribution is 0.0908. The summed E-state index contributed by atoms with van der Waals surface area (Å²) in [4.78, 5) is 11.8. The minimum absolute atomic E-state index is 0.170. The summed E-state index contributed by atoms with van der Waals surface area (Å²) in [6.45, 7) is -0.170. The zero-order valence-corrected chi connectivity index (χ0v) is 11.0. The summed E-state index contributed by atoms with van der Waals surface area (Å²) in [5, 5.41) is 12.2. The smallest absolute Gasteiger partial charge is 0.257 e. The summed E-state index contributed by atoms with van der Waals surface area (Å²) in [6.07, 6.45) is -0.996. The standard InChI is InChI=1S/C15H14F2N2O2/c16-11-2-1-3-12(17)14(11)15(21)19-8-13(20)9-4-6-10(18)7-5-9/h1-7,13,20H,8,18H2,(H,19,21). The number of halogens is 2. The number of anilines is 1. The fraction of sp³-hybridized carbons (Fsp3) is 0.133. The van der Waals surface area contributed by atoms with Crippen LogP contribution in [0.5, 0.6) is 0 Å². The summed E-state index contributed by atoms with van der Waals surface area (Å²) in [6, 6.07) is 9.59. The van der Waals surface area contributed by atoms with Gasteiger partial charge in [-0.2, -0.15) is 0 Å². The Morgan fingerprint density at radius 1 is 1.14 bits per heavy atom. The van der Waals surface area contributed by atoms with E-state index < -0.39 is 29.2 Å². The van der Waals surface area contributed by atoms with Crippen LogP contribution in [0.25, 0.3) is 0 Å². The van der Waals surface area contributed by atoms with Crippen molar-refractivity contribution in [3.63, 3.8) is 0 Å². The van der Waals surface area contributed by atoms with E-state index in [1.807, 2.05) is 0 Å². The third-order valence-corrected chi connectivity index (χ3v) is 2.97. The highest BCUT2D eigenvalue weighted by Crippen LogP contribution is 2.15. The van der Waals surface area contributed by atoms with Crippen LogP contribution in [0.3, 0.4) is 0 Å². The molecule has 6 heteroatoms. The number of hydrogen-bond donors (Lipinski definition) is 3. The second-order valence-electron chi connectivity index (χ2n) is 4.49. The summed E-state index contributed by atoms with van der Waals surface area (Å²) >= 11 is 0. The molecule has 4 nitrogen and oxygen atoms in total. The first kappa shape index (κ1) is 14.9. The van der Waals surface area contributed by atoms with Gasteiger partial charge in [0.05, 0.1) is 6.10 Å². The lowest BCUT2D eigenvalue weighted by atomic mass is 10.1. The van der Waals surface area contributed by atoms with Crippen molar-refractivity contribution in [1.82, 2.24) is 5.32 Å². The second kappa shape index (κ2) is 6.32. The third-order valence-electron chi connectivity index (χ3n) is 2.97. The molecule has 0 aliphatic carbocycles. The zero-order valence-electron chi connectivity index (χ0n) is 11.0. The van der Waals surface area contributed by atoms with E-state index >= 15 is 0 Å². The van der Waals surface area contributed by atoms with Crippen molar-refractivity contribution in [2.45, 2.75) is 6.10 Å². The molecule has 1 unspecified atom stereocenters. The molecule has 0 radical (unpaired) electrons. The number of nitrogens with two attached hydrogens (primary N) is 1. The number of nitrogens with one attached hydrogen (secondary N) is 1. The number of carbonyl (C=O) groups excluding carboxylic acids is 1. The second-order valence-corrected chi connectivity index (χ2v) is 4.49. The summed E-state index contributed by atoms with van der Waals surface area (Å²) in [7, 11) is 0. The van der Waals surface area contributed by atoms with Crippen LogP contribution in [0, 0.1) is 11.6 Å². The third kappa shape index (κ3) is 3.55. The van der Waals surface area contributed by atoms with Crippen molar-refractivity contribution < 1.29 is 18.7 Å². The number of aliphatic hydroxyl groups excluding tert-OH is 1. The van der Waals surface area contributed by atoms with Gasteiger partial charge in [0.2, 0.25) is 0 Å². The molecule has 2 aromatic rings. The molecule has 1 amide bonds. The van der Waals surface area contributed by atoms with Crippen molar-refractivity contribution in [2.75, 3.05) is 12.3 Å². The van der Waals surface area contributed by atoms with Crippen molar-refractivity contribution >= 4 is 11.6 Å². The lowest BCUT2D eigenvalue weighted by Gasteiger charge is -2.13. The Bertz CT molecular complexity index is 624. The van der Waals surface area contributed by atoms with Crippen molar-refractivity contribution in [2.24, 2.45) is 0 Å². The average Bonchev–Trinajstić information content (AvgIpc) is 2.45. The maximum Gasteiger partial charge on any atom is 0.257 e. The molecule has 0 saturated heterocycles. The van der Waals surface area contributed by atoms with E-state index in [1.165, 1.54) is 6.07 Å². The number of nitrogen functional groups attached to an aromatic ring is 1. The quantitative estimate of drug-likeness (QED) is 0.755. The van der Waals surface area contributed by atoms with Gasteiger partial charge in [-0.15, -0.1) is 0 Å². The van der Waals surface area contributed by atoms with Crippen LogP contribution in [0.4, 0.5) is 14.5 Å². The highest BCUT2D eigenvalue weighted by atomic mass is 19.1. The fourth-order valence-electron chi connectivity index (χ4n) is 1.83. The average molecular weight is 292 g/mol. The lowest BCUT2D eigenvalue weighted by Crippen LogP contribution is -2.29. The number of aliphatic hydroxyl groups is 1. The van der Waals surface area contributed by atoms with Crippen LogP contribution >= 0.6 is 0 Å². The first-order chi connectivity index (χ1) is 9.99. The van der Waals surface area contributed by atoms with Crippen molar-refractivity contribution in [3.8, 4) is 0 Å². The maximum atomic E-state index is 13.4. The number of amides is 1. The number of benzene rings is 2. The van der Waals surface area contributed by atoms with E-state index in [9.17, 15) is 18.7 Å². The fourth-order valence-corrected chi connectivity index (χ4v) is 1.83. The Kier molecular flexibility index (Phi) is 4.49. The van der Waals surface area contributed by atoms with Crippen LogP contribution in [-0.2, 0) is 0 Å². The topological polar surface area (TPSA) is 75.3 Å². The molecule has 110 valence electrons. The van der Waals surface area contributed by atoms with Gasteiger partial charge < -0.3 is 16.2 Å². The van der Waals surface area contributed by atoms with E-state index in [0.717, 1.165) is 12.1 Å². The maximum absolute atomic E-state index is 13.4. The molecule has 0 aliphatic rings. The van der Waals surface area contributed by atoms with Crippen LogP contribution in [-0.4, -0.2) is 17.6 Å². The van der Waals surface area contributed by atoms with Gasteiger partial charge in [-0.3, -0.25) is 4.79 Å². The van der Waals surface area contributed by atoms with E-state index in [-0.39, 0.29) is 6.54 Å². The molecule has 0 heterocycles. The Labute approximate surface area is 120 Å². The van der Waals surface area contributed by atoms with Crippen molar-refractivity contribution in [3.05, 3.63) is 65.2 Å². The largest absolute Gasteiger partial charge is 0.399 e. The van der Waals surface area contributed by atoms with Crippen LogP contribution in [0.1, 0.15) is 22.0 Å². The Balaban J connectivity index is 2.02. The molecule has 2 aromatic carbocycles. The molecular formula is C15H14F2N2O2. The van der Waals surface area contributed by atoms with Gasteiger partial charge in [0, 0.05) is 12.2 Å².